The zero-order valence-corrected chi connectivity index (χ0v) is 33.9. The summed E-state index contributed by atoms with van der Waals surface area (Å²) in [6.07, 6.45) is 0. The molecule has 0 radical (unpaired) electrons. The number of rotatable bonds is 12. The summed E-state index contributed by atoms with van der Waals surface area (Å²) in [4.78, 5) is -1.02. The first-order chi connectivity index (χ1) is 29.8. The van der Waals surface area contributed by atoms with Crippen molar-refractivity contribution in [2.24, 2.45) is 30.7 Å². The molecule has 8 aromatic rings. The molecule has 0 saturated carbocycles. The molecule has 0 aromatic heterocycles. The number of phenolic OH excluding ortho intramolecular Hbond substituents is 1. The molecule has 0 fully saturated rings. The van der Waals surface area contributed by atoms with Crippen molar-refractivity contribution in [2.45, 2.75) is 16.4 Å². The number of aliphatic hydroxyl groups is 1. The summed E-state index contributed by atoms with van der Waals surface area (Å²) >= 11 is 0. The number of aromatic hydroxyl groups is 1. The Morgan fingerprint density at radius 1 is 0.532 bits per heavy atom. The van der Waals surface area contributed by atoms with E-state index in [2.05, 4.69) is 36.0 Å². The van der Waals surface area contributed by atoms with Crippen LogP contribution in [-0.2, 0) is 26.8 Å². The quantitative estimate of drug-likeness (QED) is 0.0574. The number of aliphatic hydroxyl groups excluding tert-OH is 1. The molecule has 0 unspecified atom stereocenters. The molecular formula is C44H33N7O9S2. The normalized spacial score (nSPS) is 12.4. The molecule has 0 spiro atoms. The monoisotopic (exact) mass is 867 g/mol. The summed E-state index contributed by atoms with van der Waals surface area (Å²) in [5.74, 6) is 0.228. The van der Waals surface area contributed by atoms with E-state index in [0.717, 1.165) is 28.9 Å². The number of nitrogens with one attached hydrogen (secondary N) is 1. The van der Waals surface area contributed by atoms with Gasteiger partial charge in [0.1, 0.15) is 27.7 Å². The van der Waals surface area contributed by atoms with Crippen LogP contribution in [0.15, 0.2) is 180 Å². The molecule has 18 heteroatoms. The first-order valence-corrected chi connectivity index (χ1v) is 21.4. The van der Waals surface area contributed by atoms with Gasteiger partial charge < -0.3 is 20.3 Å². The Morgan fingerprint density at radius 3 is 1.85 bits per heavy atom. The second kappa shape index (κ2) is 16.9. The molecule has 0 bridgehead atoms. The SMILES string of the molecule is COc1cc(N=Nc2ccc(N=Nc3ccc(CO)cc3S(=O)(=O)O)c3ccc(S(=O)(=O)O)cc23)c2ccccc2c1N=Nc1ccc2cc(Nc3ccccc3)ccc2c1O. The van der Waals surface area contributed by atoms with Gasteiger partial charge in [0.25, 0.3) is 20.2 Å². The van der Waals surface area contributed by atoms with Gasteiger partial charge in [0.15, 0.2) is 5.75 Å². The Morgan fingerprint density at radius 2 is 1.15 bits per heavy atom. The highest BCUT2D eigenvalue weighted by Crippen LogP contribution is 2.45. The van der Waals surface area contributed by atoms with Crippen molar-refractivity contribution < 1.29 is 40.9 Å². The van der Waals surface area contributed by atoms with Crippen molar-refractivity contribution in [2.75, 3.05) is 12.4 Å². The Labute approximate surface area is 353 Å². The van der Waals surface area contributed by atoms with Gasteiger partial charge in [-0.05, 0) is 83.7 Å². The van der Waals surface area contributed by atoms with E-state index >= 15 is 0 Å². The fourth-order valence-corrected chi connectivity index (χ4v) is 7.88. The fraction of sp³-hybridized carbons (Fsp3) is 0.0455. The number of ether oxygens (including phenoxy) is 1. The maximum atomic E-state index is 12.2. The number of para-hydroxylation sites is 1. The second-order valence-electron chi connectivity index (χ2n) is 13.7. The Balaban J connectivity index is 1.15. The smallest absolute Gasteiger partial charge is 0.296 e. The molecule has 62 heavy (non-hydrogen) atoms. The lowest BCUT2D eigenvalue weighted by Crippen LogP contribution is -1.99. The number of phenols is 1. The largest absolute Gasteiger partial charge is 0.505 e. The minimum atomic E-state index is -4.75. The first kappa shape index (κ1) is 41.3. The zero-order chi connectivity index (χ0) is 43.6. The number of hydrogen-bond donors (Lipinski definition) is 5. The van der Waals surface area contributed by atoms with Gasteiger partial charge >= 0.3 is 0 Å². The lowest BCUT2D eigenvalue weighted by molar-refractivity contribution is 0.281. The third-order valence-electron chi connectivity index (χ3n) is 9.73. The third kappa shape index (κ3) is 8.57. The minimum Gasteiger partial charge on any atom is -0.505 e. The van der Waals surface area contributed by atoms with Gasteiger partial charge in [0, 0.05) is 44.4 Å². The molecule has 0 amide bonds. The van der Waals surface area contributed by atoms with Gasteiger partial charge in [-0.2, -0.15) is 16.8 Å². The average Bonchev–Trinajstić information content (AvgIpc) is 3.27. The minimum absolute atomic E-state index is 0.0531. The van der Waals surface area contributed by atoms with Crippen LogP contribution >= 0.6 is 0 Å². The summed E-state index contributed by atoms with van der Waals surface area (Å²) in [6, 6.07) is 38.0. The van der Waals surface area contributed by atoms with E-state index in [1.807, 2.05) is 48.5 Å². The maximum absolute atomic E-state index is 12.2. The standard InChI is InChI=1S/C44H33N7O9S2/c1-60-41-24-40(32-9-5-6-10-34(32)43(41)51-49-39-18-12-27-22-29(13-15-31(27)44(39)53)45-28-7-3-2-4-8-28)50-47-37-20-19-36(33-16-14-30(23-35(33)37)61(54,55)56)46-48-38-17-11-26(25-52)21-42(38)62(57,58)59/h2-24,45,52-53H,25H2,1H3,(H,54,55,56)(H,57,58,59). The van der Waals surface area contributed by atoms with Gasteiger partial charge in [0.2, 0.25) is 0 Å². The van der Waals surface area contributed by atoms with Crippen molar-refractivity contribution in [3.63, 3.8) is 0 Å². The van der Waals surface area contributed by atoms with Crippen LogP contribution in [0, 0.1) is 0 Å². The van der Waals surface area contributed by atoms with E-state index in [4.69, 9.17) is 4.74 Å². The number of azo groups is 3. The van der Waals surface area contributed by atoms with Crippen molar-refractivity contribution in [1.29, 1.82) is 0 Å². The van der Waals surface area contributed by atoms with Crippen LogP contribution in [0.25, 0.3) is 32.3 Å². The molecule has 8 rings (SSSR count). The highest BCUT2D eigenvalue weighted by molar-refractivity contribution is 7.86. The average molecular weight is 868 g/mol. The van der Waals surface area contributed by atoms with Crippen molar-refractivity contribution in [3.8, 4) is 11.5 Å². The zero-order valence-electron chi connectivity index (χ0n) is 32.3. The van der Waals surface area contributed by atoms with E-state index in [1.54, 1.807) is 42.5 Å². The summed E-state index contributed by atoms with van der Waals surface area (Å²) in [7, 11) is -7.96. The van der Waals surface area contributed by atoms with Gasteiger partial charge in [-0.1, -0.05) is 60.7 Å². The molecule has 0 aliphatic carbocycles. The van der Waals surface area contributed by atoms with Gasteiger partial charge in [0.05, 0.1) is 35.7 Å². The van der Waals surface area contributed by atoms with Crippen LogP contribution in [0.4, 0.5) is 45.5 Å². The Bertz CT molecular complexity index is 3380. The summed E-state index contributed by atoms with van der Waals surface area (Å²) in [5.41, 5.74) is 3.01. The predicted octanol–water partition coefficient (Wildman–Crippen LogP) is 11.8. The molecule has 0 aliphatic heterocycles. The molecular weight excluding hydrogens is 835 g/mol. The summed E-state index contributed by atoms with van der Waals surface area (Å²) < 4.78 is 74.0. The second-order valence-corrected chi connectivity index (χ2v) is 16.5. The molecule has 0 atom stereocenters. The summed E-state index contributed by atoms with van der Waals surface area (Å²) in [6.45, 7) is -0.484. The molecule has 0 aliphatic rings. The highest BCUT2D eigenvalue weighted by Gasteiger charge is 2.19. The van der Waals surface area contributed by atoms with Gasteiger partial charge in [-0.3, -0.25) is 9.11 Å². The topological polar surface area (TPSA) is 245 Å². The lowest BCUT2D eigenvalue weighted by atomic mass is 10.1. The van der Waals surface area contributed by atoms with E-state index in [1.165, 1.54) is 43.5 Å². The van der Waals surface area contributed by atoms with Crippen LogP contribution in [-0.4, -0.2) is 43.3 Å². The van der Waals surface area contributed by atoms with E-state index in [-0.39, 0.29) is 45.2 Å². The number of benzene rings is 8. The molecule has 310 valence electrons. The number of fused-ring (bicyclic) bond motifs is 3. The van der Waals surface area contributed by atoms with Gasteiger partial charge in [-0.25, -0.2) is 0 Å². The van der Waals surface area contributed by atoms with Crippen LogP contribution in [0.2, 0.25) is 0 Å². The molecule has 5 N–H and O–H groups in total. The van der Waals surface area contributed by atoms with Crippen LogP contribution in [0.3, 0.4) is 0 Å². The molecule has 16 nitrogen and oxygen atoms in total. The fourth-order valence-electron chi connectivity index (χ4n) is 6.70. The summed E-state index contributed by atoms with van der Waals surface area (Å²) in [5, 5.41) is 53.2. The van der Waals surface area contributed by atoms with Crippen molar-refractivity contribution in [1.82, 2.24) is 0 Å². The number of hydrogen-bond acceptors (Lipinski definition) is 14. The van der Waals surface area contributed by atoms with Crippen LogP contribution in [0.1, 0.15) is 5.56 Å². The third-order valence-corrected chi connectivity index (χ3v) is 11.5. The number of anilines is 2. The molecule has 8 aromatic carbocycles. The van der Waals surface area contributed by atoms with Crippen LogP contribution < -0.4 is 10.1 Å². The predicted molar refractivity (Wildman–Crippen MR) is 234 cm³/mol. The maximum Gasteiger partial charge on any atom is 0.296 e. The van der Waals surface area contributed by atoms with E-state index in [0.29, 0.717) is 32.9 Å². The number of methoxy groups -OCH3 is 1. The van der Waals surface area contributed by atoms with Gasteiger partial charge in [-0.15, -0.1) is 30.7 Å². The Hall–Kier alpha value is -7.48. The Kier molecular flexibility index (Phi) is 11.2. The van der Waals surface area contributed by atoms with E-state index < -0.39 is 36.6 Å². The lowest BCUT2D eigenvalue weighted by Gasteiger charge is -2.11. The molecule has 0 saturated heterocycles. The van der Waals surface area contributed by atoms with Crippen LogP contribution in [0.5, 0.6) is 11.5 Å². The van der Waals surface area contributed by atoms with Crippen molar-refractivity contribution >= 4 is 98.1 Å². The number of nitrogens with zero attached hydrogens (tertiary/aromatic N) is 6. The highest BCUT2D eigenvalue weighted by atomic mass is 32.2. The van der Waals surface area contributed by atoms with E-state index in [9.17, 15) is 36.2 Å². The molecule has 0 heterocycles. The first-order valence-electron chi connectivity index (χ1n) is 18.5. The van der Waals surface area contributed by atoms with Crippen molar-refractivity contribution in [3.05, 3.63) is 145 Å².